The van der Waals surface area contributed by atoms with Gasteiger partial charge in [0, 0.05) is 28.9 Å². The fourth-order valence-corrected chi connectivity index (χ4v) is 3.46. The SMILES string of the molecule is COc1ccc(-c2cc(C(=O)NN=Cc3cccnc3)c3cc(C)cc(C)c3n2)cc1. The number of hydrogen-bond acceptors (Lipinski definition) is 5. The molecule has 1 amide bonds. The molecular weight excluding hydrogens is 388 g/mol. The summed E-state index contributed by atoms with van der Waals surface area (Å²) in [5.41, 5.74) is 8.43. The van der Waals surface area contributed by atoms with Gasteiger partial charge in [0.05, 0.1) is 30.1 Å². The predicted molar refractivity (Wildman–Crippen MR) is 123 cm³/mol. The van der Waals surface area contributed by atoms with Crippen molar-refractivity contribution in [1.29, 1.82) is 0 Å². The quantitative estimate of drug-likeness (QED) is 0.383. The van der Waals surface area contributed by atoms with Gasteiger partial charge in [-0.25, -0.2) is 10.4 Å². The highest BCUT2D eigenvalue weighted by Gasteiger charge is 2.15. The van der Waals surface area contributed by atoms with Gasteiger partial charge in [-0.2, -0.15) is 5.10 Å². The van der Waals surface area contributed by atoms with E-state index in [4.69, 9.17) is 9.72 Å². The summed E-state index contributed by atoms with van der Waals surface area (Å²) in [6, 6.07) is 17.1. The zero-order chi connectivity index (χ0) is 21.8. The van der Waals surface area contributed by atoms with Crippen LogP contribution in [0.3, 0.4) is 0 Å². The lowest BCUT2D eigenvalue weighted by atomic mass is 9.99. The van der Waals surface area contributed by atoms with E-state index in [9.17, 15) is 4.79 Å². The molecule has 4 rings (SSSR count). The number of methoxy groups -OCH3 is 1. The summed E-state index contributed by atoms with van der Waals surface area (Å²) in [5, 5.41) is 4.89. The number of aromatic nitrogens is 2. The van der Waals surface area contributed by atoms with Crippen LogP contribution in [-0.4, -0.2) is 29.2 Å². The molecule has 0 aliphatic carbocycles. The summed E-state index contributed by atoms with van der Waals surface area (Å²) in [6.07, 6.45) is 4.92. The number of amides is 1. The highest BCUT2D eigenvalue weighted by atomic mass is 16.5. The molecule has 2 aromatic carbocycles. The number of carbonyl (C=O) groups is 1. The highest BCUT2D eigenvalue weighted by molar-refractivity contribution is 6.08. The molecule has 0 radical (unpaired) electrons. The van der Waals surface area contributed by atoms with E-state index in [0.717, 1.165) is 38.9 Å². The Hall–Kier alpha value is -4.06. The maximum atomic E-state index is 13.1. The maximum absolute atomic E-state index is 13.1. The van der Waals surface area contributed by atoms with Gasteiger partial charge in [-0.3, -0.25) is 9.78 Å². The minimum absolute atomic E-state index is 0.299. The number of ether oxygens (including phenoxy) is 1. The van der Waals surface area contributed by atoms with Crippen LogP contribution in [0.1, 0.15) is 27.0 Å². The zero-order valence-corrected chi connectivity index (χ0v) is 17.6. The number of rotatable bonds is 5. The molecule has 2 heterocycles. The Balaban J connectivity index is 1.76. The summed E-state index contributed by atoms with van der Waals surface area (Å²) < 4.78 is 5.25. The van der Waals surface area contributed by atoms with Gasteiger partial charge >= 0.3 is 0 Å². The third-order valence-corrected chi connectivity index (χ3v) is 4.94. The van der Waals surface area contributed by atoms with E-state index < -0.39 is 0 Å². The summed E-state index contributed by atoms with van der Waals surface area (Å²) >= 11 is 0. The minimum Gasteiger partial charge on any atom is -0.497 e. The molecule has 2 aromatic heterocycles. The van der Waals surface area contributed by atoms with Crippen LogP contribution in [0.2, 0.25) is 0 Å². The fourth-order valence-electron chi connectivity index (χ4n) is 3.46. The minimum atomic E-state index is -0.299. The van der Waals surface area contributed by atoms with Crippen LogP contribution >= 0.6 is 0 Å². The predicted octanol–water partition coefficient (Wildman–Crippen LogP) is 4.69. The summed E-state index contributed by atoms with van der Waals surface area (Å²) in [7, 11) is 1.63. The maximum Gasteiger partial charge on any atom is 0.272 e. The molecular formula is C25H22N4O2. The first-order valence-electron chi connectivity index (χ1n) is 9.85. The number of nitrogens with zero attached hydrogens (tertiary/aromatic N) is 3. The average molecular weight is 410 g/mol. The number of nitrogens with one attached hydrogen (secondary N) is 1. The molecule has 0 bridgehead atoms. The van der Waals surface area contributed by atoms with Crippen molar-refractivity contribution in [3.05, 3.63) is 89.2 Å². The number of benzene rings is 2. The summed E-state index contributed by atoms with van der Waals surface area (Å²) in [6.45, 7) is 4.01. The molecule has 0 saturated carbocycles. The van der Waals surface area contributed by atoms with Crippen molar-refractivity contribution in [2.75, 3.05) is 7.11 Å². The van der Waals surface area contributed by atoms with Crippen LogP contribution < -0.4 is 10.2 Å². The van der Waals surface area contributed by atoms with Crippen LogP contribution in [-0.2, 0) is 0 Å². The van der Waals surface area contributed by atoms with E-state index in [1.54, 1.807) is 31.8 Å². The van der Waals surface area contributed by atoms with Crippen LogP contribution in [0.5, 0.6) is 5.75 Å². The largest absolute Gasteiger partial charge is 0.497 e. The normalized spacial score (nSPS) is 11.1. The fraction of sp³-hybridized carbons (Fsp3) is 0.120. The Morgan fingerprint density at radius 3 is 2.61 bits per heavy atom. The second-order valence-electron chi connectivity index (χ2n) is 7.25. The molecule has 0 fully saturated rings. The molecule has 1 N–H and O–H groups in total. The molecule has 0 unspecified atom stereocenters. The molecule has 154 valence electrons. The number of aryl methyl sites for hydroxylation is 2. The number of carbonyl (C=O) groups excluding carboxylic acids is 1. The first-order chi connectivity index (χ1) is 15.0. The van der Waals surface area contributed by atoms with Gasteiger partial charge in [0.2, 0.25) is 0 Å². The van der Waals surface area contributed by atoms with Crippen LogP contribution in [0.4, 0.5) is 0 Å². The van der Waals surface area contributed by atoms with E-state index in [1.807, 2.05) is 56.3 Å². The van der Waals surface area contributed by atoms with E-state index in [2.05, 4.69) is 21.6 Å². The van der Waals surface area contributed by atoms with Gasteiger partial charge in [-0.15, -0.1) is 0 Å². The summed E-state index contributed by atoms with van der Waals surface area (Å²) in [5.74, 6) is 0.464. The standard InChI is InChI=1S/C25H22N4O2/c1-16-11-17(2)24-21(12-16)22(25(30)29-27-15-18-5-4-10-26-14-18)13-23(28-24)19-6-8-20(31-3)9-7-19/h4-15H,1-3H3,(H,29,30). The zero-order valence-electron chi connectivity index (χ0n) is 17.6. The van der Waals surface area contributed by atoms with E-state index in [0.29, 0.717) is 11.3 Å². The van der Waals surface area contributed by atoms with Crippen molar-refractivity contribution in [2.24, 2.45) is 5.10 Å². The Bertz CT molecular complexity index is 1270. The highest BCUT2D eigenvalue weighted by Crippen LogP contribution is 2.29. The Morgan fingerprint density at radius 2 is 1.90 bits per heavy atom. The van der Waals surface area contributed by atoms with Crippen molar-refractivity contribution < 1.29 is 9.53 Å². The monoisotopic (exact) mass is 410 g/mol. The molecule has 6 nitrogen and oxygen atoms in total. The molecule has 0 saturated heterocycles. The summed E-state index contributed by atoms with van der Waals surface area (Å²) in [4.78, 5) is 21.9. The topological polar surface area (TPSA) is 76.5 Å². The van der Waals surface area contributed by atoms with Crippen LogP contribution in [0.15, 0.2) is 72.1 Å². The lowest BCUT2D eigenvalue weighted by molar-refractivity contribution is 0.0956. The third kappa shape index (κ3) is 4.43. The number of hydrazone groups is 1. The van der Waals surface area contributed by atoms with Crippen molar-refractivity contribution in [1.82, 2.24) is 15.4 Å². The van der Waals surface area contributed by atoms with Gasteiger partial charge in [0.25, 0.3) is 5.91 Å². The number of fused-ring (bicyclic) bond motifs is 1. The Morgan fingerprint density at radius 1 is 1.10 bits per heavy atom. The van der Waals surface area contributed by atoms with E-state index >= 15 is 0 Å². The second-order valence-corrected chi connectivity index (χ2v) is 7.25. The molecule has 0 aliphatic rings. The molecule has 31 heavy (non-hydrogen) atoms. The average Bonchev–Trinajstić information content (AvgIpc) is 2.79. The number of hydrogen-bond donors (Lipinski definition) is 1. The lowest BCUT2D eigenvalue weighted by Crippen LogP contribution is -2.18. The van der Waals surface area contributed by atoms with Crippen molar-refractivity contribution >= 4 is 23.0 Å². The third-order valence-electron chi connectivity index (χ3n) is 4.94. The smallest absolute Gasteiger partial charge is 0.272 e. The van der Waals surface area contributed by atoms with Crippen molar-refractivity contribution in [3.8, 4) is 17.0 Å². The molecule has 4 aromatic rings. The van der Waals surface area contributed by atoms with Crippen LogP contribution in [0.25, 0.3) is 22.2 Å². The van der Waals surface area contributed by atoms with E-state index in [-0.39, 0.29) is 5.91 Å². The molecule has 0 spiro atoms. The molecule has 6 heteroatoms. The number of pyridine rings is 2. The Kier molecular flexibility index (Phi) is 5.71. The van der Waals surface area contributed by atoms with Crippen molar-refractivity contribution in [2.45, 2.75) is 13.8 Å². The lowest BCUT2D eigenvalue weighted by Gasteiger charge is -2.12. The molecule has 0 atom stereocenters. The molecule has 0 aliphatic heterocycles. The van der Waals surface area contributed by atoms with Gasteiger partial charge in [-0.1, -0.05) is 17.7 Å². The van der Waals surface area contributed by atoms with Crippen molar-refractivity contribution in [3.63, 3.8) is 0 Å². The first kappa shape index (κ1) is 20.2. The van der Waals surface area contributed by atoms with Gasteiger partial charge in [0.1, 0.15) is 5.75 Å². The van der Waals surface area contributed by atoms with Gasteiger partial charge in [-0.05, 0) is 61.9 Å². The van der Waals surface area contributed by atoms with E-state index in [1.165, 1.54) is 0 Å². The van der Waals surface area contributed by atoms with Crippen LogP contribution in [0, 0.1) is 13.8 Å². The first-order valence-corrected chi connectivity index (χ1v) is 9.85. The van der Waals surface area contributed by atoms with Gasteiger partial charge in [0.15, 0.2) is 0 Å². The second kappa shape index (κ2) is 8.75. The Labute approximate surface area is 180 Å². The van der Waals surface area contributed by atoms with Gasteiger partial charge < -0.3 is 4.74 Å².